The quantitative estimate of drug-likeness (QED) is 0.460. The minimum Gasteiger partial charge on any atom is -0.344 e. The largest absolute Gasteiger partial charge is 0.344 e. The van der Waals surface area contributed by atoms with Crippen LogP contribution in [0, 0.1) is 6.92 Å². The van der Waals surface area contributed by atoms with Gasteiger partial charge in [0.05, 0.1) is 11.1 Å². The summed E-state index contributed by atoms with van der Waals surface area (Å²) >= 11 is 1.62. The van der Waals surface area contributed by atoms with Gasteiger partial charge in [-0.1, -0.05) is 23.0 Å². The first kappa shape index (κ1) is 19.6. The molecule has 6 rings (SSSR count). The van der Waals surface area contributed by atoms with E-state index in [2.05, 4.69) is 35.0 Å². The smallest absolute Gasteiger partial charge is 0.255 e. The van der Waals surface area contributed by atoms with Crippen LogP contribution in [-0.2, 0) is 12.8 Å². The minimum atomic E-state index is 0.159. The van der Waals surface area contributed by atoms with E-state index in [0.29, 0.717) is 13.1 Å². The molecule has 1 aromatic carbocycles. The lowest BCUT2D eigenvalue weighted by Crippen LogP contribution is -2.49. The summed E-state index contributed by atoms with van der Waals surface area (Å²) in [6.07, 6.45) is 6.01. The van der Waals surface area contributed by atoms with Crippen molar-refractivity contribution in [1.82, 2.24) is 19.9 Å². The third-order valence-electron chi connectivity index (χ3n) is 6.62. The van der Waals surface area contributed by atoms with Crippen molar-refractivity contribution in [2.24, 2.45) is 0 Å². The molecule has 2 aliphatic rings. The Hall–Kier alpha value is -3.06. The third kappa shape index (κ3) is 3.32. The first-order valence-electron chi connectivity index (χ1n) is 11.4. The molecule has 3 aromatic heterocycles. The number of anilines is 1. The van der Waals surface area contributed by atoms with Crippen LogP contribution in [-0.4, -0.2) is 51.9 Å². The van der Waals surface area contributed by atoms with Crippen molar-refractivity contribution in [3.63, 3.8) is 0 Å². The fourth-order valence-corrected chi connectivity index (χ4v) is 5.89. The maximum atomic E-state index is 13.8. The fraction of sp³-hybridized carbons (Fsp3) is 0.360. The van der Waals surface area contributed by atoms with Crippen LogP contribution in [0.3, 0.4) is 0 Å². The maximum absolute atomic E-state index is 13.8. The number of carbonyl (C=O) groups excluding carboxylic acids is 1. The lowest BCUT2D eigenvalue weighted by Gasteiger charge is -2.35. The minimum absolute atomic E-state index is 0.159. The number of hydrogen-bond donors (Lipinski definition) is 0. The van der Waals surface area contributed by atoms with Gasteiger partial charge in [-0.3, -0.25) is 9.78 Å². The summed E-state index contributed by atoms with van der Waals surface area (Å²) in [6, 6.07) is 10.2. The monoisotopic (exact) mass is 443 g/mol. The van der Waals surface area contributed by atoms with Crippen LogP contribution < -0.4 is 4.90 Å². The molecule has 32 heavy (non-hydrogen) atoms. The van der Waals surface area contributed by atoms with Crippen LogP contribution in [0.15, 0.2) is 36.5 Å². The Morgan fingerprint density at radius 2 is 1.84 bits per heavy atom. The molecule has 0 spiro atoms. The molecular weight excluding hydrogens is 418 g/mol. The predicted octanol–water partition coefficient (Wildman–Crippen LogP) is 4.39. The zero-order valence-electron chi connectivity index (χ0n) is 18.2. The molecule has 1 aliphatic carbocycles. The summed E-state index contributed by atoms with van der Waals surface area (Å²) in [5.41, 5.74) is 6.25. The van der Waals surface area contributed by atoms with Gasteiger partial charge in [0.15, 0.2) is 5.13 Å². The standard InChI is InChI=1S/C25H25N5OS/c1-16-8-9-20-18(15-16)22(17-5-2-3-6-19(17)27-20)24(31)29-11-13-30(14-12-29)25-28-21-7-4-10-26-23(21)32-25/h4,7-10,15H,2-3,5-6,11-14H2,1H3. The summed E-state index contributed by atoms with van der Waals surface area (Å²) in [6.45, 7) is 5.06. The topological polar surface area (TPSA) is 62.2 Å². The Morgan fingerprint density at radius 3 is 2.69 bits per heavy atom. The summed E-state index contributed by atoms with van der Waals surface area (Å²) < 4.78 is 0. The Morgan fingerprint density at radius 1 is 1.00 bits per heavy atom. The molecule has 1 amide bonds. The van der Waals surface area contributed by atoms with E-state index in [4.69, 9.17) is 9.97 Å². The first-order valence-corrected chi connectivity index (χ1v) is 12.2. The van der Waals surface area contributed by atoms with E-state index in [0.717, 1.165) is 76.4 Å². The maximum Gasteiger partial charge on any atom is 0.255 e. The van der Waals surface area contributed by atoms with Gasteiger partial charge in [0.1, 0.15) is 10.3 Å². The van der Waals surface area contributed by atoms with Gasteiger partial charge >= 0.3 is 0 Å². The van der Waals surface area contributed by atoms with Crippen molar-refractivity contribution in [2.45, 2.75) is 32.6 Å². The molecule has 1 aliphatic heterocycles. The zero-order valence-corrected chi connectivity index (χ0v) is 19.0. The molecule has 0 atom stereocenters. The number of fused-ring (bicyclic) bond motifs is 3. The molecule has 6 nitrogen and oxygen atoms in total. The lowest BCUT2D eigenvalue weighted by atomic mass is 9.89. The Labute approximate surface area is 190 Å². The Balaban J connectivity index is 1.30. The number of pyridine rings is 2. The second kappa shape index (κ2) is 7.81. The molecule has 4 heterocycles. The molecule has 0 N–H and O–H groups in total. The van der Waals surface area contributed by atoms with E-state index < -0.39 is 0 Å². The number of aryl methyl sites for hydroxylation is 2. The molecule has 0 bridgehead atoms. The molecule has 162 valence electrons. The van der Waals surface area contributed by atoms with Gasteiger partial charge in [-0.2, -0.15) is 0 Å². The number of aromatic nitrogens is 3. The highest BCUT2D eigenvalue weighted by Gasteiger charge is 2.29. The normalized spacial score (nSPS) is 16.5. The van der Waals surface area contributed by atoms with Crippen molar-refractivity contribution in [3.8, 4) is 0 Å². The van der Waals surface area contributed by atoms with E-state index in [1.54, 1.807) is 11.3 Å². The van der Waals surface area contributed by atoms with Crippen LogP contribution in [0.2, 0.25) is 0 Å². The molecule has 7 heteroatoms. The SMILES string of the molecule is Cc1ccc2nc3c(c(C(=O)N4CCN(c5nc6cccnc6s5)CC4)c2c1)CCCC3. The summed E-state index contributed by atoms with van der Waals surface area (Å²) in [5, 5.41) is 2.00. The van der Waals surface area contributed by atoms with Crippen molar-refractivity contribution < 1.29 is 4.79 Å². The van der Waals surface area contributed by atoms with Gasteiger partial charge in [0, 0.05) is 43.5 Å². The molecule has 0 unspecified atom stereocenters. The molecular formula is C25H25N5OS. The fourth-order valence-electron chi connectivity index (χ4n) is 4.93. The number of nitrogens with zero attached hydrogens (tertiary/aromatic N) is 5. The number of benzene rings is 1. The predicted molar refractivity (Wildman–Crippen MR) is 129 cm³/mol. The number of carbonyl (C=O) groups is 1. The summed E-state index contributed by atoms with van der Waals surface area (Å²) in [4.78, 5) is 33.2. The Kier molecular flexibility index (Phi) is 4.79. The van der Waals surface area contributed by atoms with Crippen LogP contribution in [0.4, 0.5) is 5.13 Å². The van der Waals surface area contributed by atoms with Crippen LogP contribution >= 0.6 is 11.3 Å². The molecule has 0 radical (unpaired) electrons. The molecule has 0 saturated carbocycles. The molecule has 1 fully saturated rings. The van der Waals surface area contributed by atoms with Gasteiger partial charge in [-0.15, -0.1) is 0 Å². The van der Waals surface area contributed by atoms with E-state index in [1.807, 2.05) is 23.2 Å². The highest BCUT2D eigenvalue weighted by Crippen LogP contribution is 2.32. The van der Waals surface area contributed by atoms with Gasteiger partial charge in [0.25, 0.3) is 5.91 Å². The first-order chi connectivity index (χ1) is 15.7. The van der Waals surface area contributed by atoms with Crippen LogP contribution in [0.1, 0.15) is 40.0 Å². The number of hydrogen-bond acceptors (Lipinski definition) is 6. The van der Waals surface area contributed by atoms with E-state index in [-0.39, 0.29) is 5.91 Å². The van der Waals surface area contributed by atoms with Crippen molar-refractivity contribution in [3.05, 3.63) is 58.9 Å². The van der Waals surface area contributed by atoms with E-state index in [9.17, 15) is 4.79 Å². The lowest BCUT2D eigenvalue weighted by molar-refractivity contribution is 0.0747. The van der Waals surface area contributed by atoms with Gasteiger partial charge in [-0.25, -0.2) is 9.97 Å². The number of thiazole rings is 1. The van der Waals surface area contributed by atoms with Gasteiger partial charge < -0.3 is 9.80 Å². The Bertz CT molecular complexity index is 1310. The molecule has 4 aromatic rings. The van der Waals surface area contributed by atoms with Crippen molar-refractivity contribution >= 4 is 43.6 Å². The van der Waals surface area contributed by atoms with Gasteiger partial charge in [-0.05, 0) is 62.4 Å². The highest BCUT2D eigenvalue weighted by atomic mass is 32.1. The highest BCUT2D eigenvalue weighted by molar-refractivity contribution is 7.21. The third-order valence-corrected chi connectivity index (χ3v) is 7.66. The van der Waals surface area contributed by atoms with Crippen molar-refractivity contribution in [1.29, 1.82) is 0 Å². The number of rotatable bonds is 2. The molecule has 1 saturated heterocycles. The number of piperazine rings is 1. The van der Waals surface area contributed by atoms with E-state index >= 15 is 0 Å². The summed E-state index contributed by atoms with van der Waals surface area (Å²) in [7, 11) is 0. The number of amides is 1. The average Bonchev–Trinajstić information content (AvgIpc) is 3.27. The van der Waals surface area contributed by atoms with Gasteiger partial charge in [0.2, 0.25) is 0 Å². The van der Waals surface area contributed by atoms with Crippen LogP contribution in [0.25, 0.3) is 21.3 Å². The average molecular weight is 444 g/mol. The van der Waals surface area contributed by atoms with Crippen molar-refractivity contribution in [2.75, 3.05) is 31.1 Å². The second-order valence-electron chi connectivity index (χ2n) is 8.74. The zero-order chi connectivity index (χ0) is 21.7. The van der Waals surface area contributed by atoms with E-state index in [1.165, 1.54) is 11.1 Å². The second-order valence-corrected chi connectivity index (χ2v) is 9.70. The van der Waals surface area contributed by atoms with Crippen LogP contribution in [0.5, 0.6) is 0 Å². The summed E-state index contributed by atoms with van der Waals surface area (Å²) in [5.74, 6) is 0.159.